The Balaban J connectivity index is 0.00000197. The molecule has 0 fully saturated rings. The third-order valence-electron chi connectivity index (χ3n) is 14.2. The number of nitrogens with zero attached hydrogens (tertiary/aromatic N) is 2. The number of nitro benzene ring substituents is 2. The van der Waals surface area contributed by atoms with Crippen molar-refractivity contribution >= 4 is 23.3 Å². The third-order valence-corrected chi connectivity index (χ3v) is 14.2. The number of carboxylic acids is 1. The van der Waals surface area contributed by atoms with Gasteiger partial charge in [-0.3, -0.25) is 29.8 Å². The first kappa shape index (κ1) is 101. The average molecular weight is 1680 g/mol. The van der Waals surface area contributed by atoms with Crippen LogP contribution in [-0.2, 0) is 14.3 Å². The van der Waals surface area contributed by atoms with Crippen molar-refractivity contribution in [2.45, 2.75) is 213 Å². The molecule has 0 bridgehead atoms. The zero-order valence-corrected chi connectivity index (χ0v) is 55.4. The maximum Gasteiger partial charge on any atom is 0.460 e. The van der Waals surface area contributed by atoms with Gasteiger partial charge in [0.1, 0.15) is 6.10 Å². The third kappa shape index (κ3) is 24.2. The number of aliphatic carboxylic acids is 1. The minimum absolute atomic E-state index is 0.0459. The SMILES string of the molecule is C=CCCC(=O)O.C=CCCC(=O)OC(c1cc(OCCCC(F)(F)C(F)(F)C(F)(F)C(F)(F)F)c(OCCCC(F)(F)C(F)(F)C(F)(F)C(F)(F)F)cc1[N+](=O)[O-])C(C)C.CC(C)C(O)c1cc(OCCCC(F)(F)C(F)(F)C(F)(F)C(F)(F)F)c(OCCCC(F)(F)C(F)(F)C(F)(F)C(F)(F)F)cc1[N+](=O)[O-]. The van der Waals surface area contributed by atoms with E-state index in [1.54, 1.807) is 6.08 Å². The molecule has 2 rings (SSSR count). The number of halogens is 36. The van der Waals surface area contributed by atoms with Crippen molar-refractivity contribution < 1.29 is 211 Å². The van der Waals surface area contributed by atoms with E-state index < -0.39 is 265 Å². The highest BCUT2D eigenvalue weighted by Gasteiger charge is 2.84. The van der Waals surface area contributed by atoms with Gasteiger partial charge in [0.15, 0.2) is 23.0 Å². The van der Waals surface area contributed by atoms with Crippen molar-refractivity contribution in [3.05, 3.63) is 80.9 Å². The molecule has 0 aliphatic heterocycles. The standard InChI is InChI=1S/C29H29F18NO6.C24H23F18NO5.C5H8O2/c1-4-5-8-20(49)54-21(15(2)3)16-13-18(52-11-6-9-22(30,31)24(34,35)26(38,39)28(42,43)44)19(14-17(16)48(50)51)53-12-7-10-23(32,33)25(36,37)27(40,41)29(45,46)47;1-11(2)16(44)12-9-14(47-7-3-5-17(25,26)19(29,30)21(33,34)23(37,38)39)15(10-13(12)43(45)46)48-8-4-6-18(27,28)20(31,32)22(35,36)24(40,41)42;1-2-3-4-5(6)7/h4,13-15,21H,1,5-12H2,2-3H3;9-11,16,44H,3-8H2,1-2H3;2H,1,3-4H2,(H,6,7). The molecule has 0 heterocycles. The summed E-state index contributed by atoms with van der Waals surface area (Å²) in [5.41, 5.74) is -3.32. The molecule has 109 heavy (non-hydrogen) atoms. The molecule has 2 aromatic rings. The molecule has 2 unspecified atom stereocenters. The van der Waals surface area contributed by atoms with E-state index in [-0.39, 0.29) is 19.3 Å². The van der Waals surface area contributed by atoms with E-state index in [9.17, 15) is 193 Å². The van der Waals surface area contributed by atoms with E-state index >= 15 is 0 Å². The Morgan fingerprint density at radius 1 is 0.404 bits per heavy atom. The Kier molecular flexibility index (Phi) is 34.5. The summed E-state index contributed by atoms with van der Waals surface area (Å²) < 4.78 is 498. The molecule has 632 valence electrons. The Hall–Kier alpha value is -7.70. The Labute approximate surface area is 589 Å². The number of ether oxygens (including phenoxy) is 5. The summed E-state index contributed by atoms with van der Waals surface area (Å²) in [6.45, 7) is 6.70. The molecule has 0 spiro atoms. The van der Waals surface area contributed by atoms with Gasteiger partial charge >= 0.3 is 108 Å². The van der Waals surface area contributed by atoms with Gasteiger partial charge in [-0.1, -0.05) is 39.8 Å². The zero-order valence-electron chi connectivity index (χ0n) is 55.4. The molecule has 51 heteroatoms. The minimum Gasteiger partial charge on any atom is -0.490 e. The predicted octanol–water partition coefficient (Wildman–Crippen LogP) is 21.6. The number of carbonyl (C=O) groups is 2. The second kappa shape index (κ2) is 37.1. The first-order valence-electron chi connectivity index (χ1n) is 29.9. The molecule has 2 N–H and O–H groups in total. The van der Waals surface area contributed by atoms with Gasteiger partial charge in [-0.2, -0.15) is 158 Å². The van der Waals surface area contributed by atoms with Gasteiger partial charge in [0.2, 0.25) is 0 Å². The van der Waals surface area contributed by atoms with Crippen LogP contribution in [0.3, 0.4) is 0 Å². The van der Waals surface area contributed by atoms with Crippen LogP contribution in [0.4, 0.5) is 169 Å². The van der Waals surface area contributed by atoms with E-state index in [0.717, 1.165) is 0 Å². The van der Waals surface area contributed by atoms with Gasteiger partial charge in [0, 0.05) is 38.5 Å². The van der Waals surface area contributed by atoms with Gasteiger partial charge in [-0.25, -0.2) is 0 Å². The number of carboxylic acid groups (broad SMARTS) is 1. The van der Waals surface area contributed by atoms with Crippen LogP contribution in [0, 0.1) is 32.1 Å². The first-order chi connectivity index (χ1) is 48.6. The molecule has 0 radical (unpaired) electrons. The molecule has 0 aliphatic carbocycles. The minimum atomic E-state index is -7.23. The van der Waals surface area contributed by atoms with Crippen LogP contribution in [0.15, 0.2) is 49.6 Å². The number of nitro groups is 2. The van der Waals surface area contributed by atoms with Crippen LogP contribution in [0.2, 0.25) is 0 Å². The Morgan fingerprint density at radius 3 is 0.853 bits per heavy atom. The van der Waals surface area contributed by atoms with Crippen molar-refractivity contribution in [1.29, 1.82) is 0 Å². The number of rotatable bonds is 41. The smallest absolute Gasteiger partial charge is 0.460 e. The number of hydrogen-bond donors (Lipinski definition) is 2. The quantitative estimate of drug-likeness (QED) is 0.0159. The lowest BCUT2D eigenvalue weighted by Gasteiger charge is -2.33. The summed E-state index contributed by atoms with van der Waals surface area (Å²) in [5.74, 6) is -88.3. The van der Waals surface area contributed by atoms with Crippen LogP contribution < -0.4 is 18.9 Å². The number of aliphatic hydroxyl groups excluding tert-OH is 1. The summed E-state index contributed by atoms with van der Waals surface area (Å²) >= 11 is 0. The molecule has 0 saturated carbocycles. The monoisotopic (exact) mass is 1680 g/mol. The summed E-state index contributed by atoms with van der Waals surface area (Å²) in [7, 11) is 0. The van der Waals surface area contributed by atoms with Gasteiger partial charge in [-0.05, 0) is 62.5 Å². The van der Waals surface area contributed by atoms with Crippen molar-refractivity contribution in [3.8, 4) is 23.0 Å². The lowest BCUT2D eigenvalue weighted by molar-refractivity contribution is -0.396. The second-order valence-electron chi connectivity index (χ2n) is 23.3. The molecule has 0 amide bonds. The fourth-order valence-corrected chi connectivity index (χ4v) is 8.09. The summed E-state index contributed by atoms with van der Waals surface area (Å²) in [4.78, 5) is 43.1. The number of alkyl halides is 36. The highest BCUT2D eigenvalue weighted by Crippen LogP contribution is 2.59. The van der Waals surface area contributed by atoms with Crippen LogP contribution in [0.1, 0.15) is 128 Å². The van der Waals surface area contributed by atoms with Crippen molar-refractivity contribution in [3.63, 3.8) is 0 Å². The van der Waals surface area contributed by atoms with Crippen molar-refractivity contribution in [1.82, 2.24) is 0 Å². The molecule has 0 saturated heterocycles. The molecule has 0 aromatic heterocycles. The van der Waals surface area contributed by atoms with Crippen LogP contribution in [-0.4, -0.2) is 154 Å². The predicted molar refractivity (Wildman–Crippen MR) is 299 cm³/mol. The Morgan fingerprint density at radius 2 is 0.642 bits per heavy atom. The van der Waals surface area contributed by atoms with Gasteiger partial charge < -0.3 is 33.9 Å². The van der Waals surface area contributed by atoms with E-state index in [2.05, 4.69) is 13.2 Å². The number of aliphatic hydroxyl groups is 1. The van der Waals surface area contributed by atoms with Crippen molar-refractivity contribution in [2.24, 2.45) is 11.8 Å². The fourth-order valence-electron chi connectivity index (χ4n) is 8.09. The van der Waals surface area contributed by atoms with Gasteiger partial charge in [-0.15, -0.1) is 13.2 Å². The number of benzene rings is 2. The lowest BCUT2D eigenvalue weighted by atomic mass is 9.96. The molecule has 0 aliphatic rings. The molecular weight excluding hydrogens is 1620 g/mol. The molecule has 15 nitrogen and oxygen atoms in total. The Bertz CT molecular complexity index is 3330. The highest BCUT2D eigenvalue weighted by atomic mass is 19.5. The summed E-state index contributed by atoms with van der Waals surface area (Å²) in [6.07, 6.45) is -44.0. The summed E-state index contributed by atoms with van der Waals surface area (Å²) in [6, 6.07) is 1.84. The number of allylic oxidation sites excluding steroid dienone is 2. The zero-order chi connectivity index (χ0) is 86.3. The normalized spacial score (nSPS) is 14.4. The number of carbonyl (C=O) groups excluding carboxylic acids is 1. The molecule has 2 atom stereocenters. The maximum atomic E-state index is 14.0. The van der Waals surface area contributed by atoms with Gasteiger partial charge in [0.05, 0.1) is 65.6 Å². The number of esters is 1. The van der Waals surface area contributed by atoms with E-state index in [0.29, 0.717) is 30.7 Å². The molecular formula is C58H60F36N2O13. The average Bonchev–Trinajstić information content (AvgIpc) is 0.761. The van der Waals surface area contributed by atoms with Crippen LogP contribution in [0.25, 0.3) is 0 Å². The fraction of sp³-hybridized carbons (Fsp3) is 0.690. The summed E-state index contributed by atoms with van der Waals surface area (Å²) in [5, 5.41) is 41.8. The number of hydrogen-bond acceptors (Lipinski definition) is 12. The van der Waals surface area contributed by atoms with Crippen LogP contribution in [0.5, 0.6) is 23.0 Å². The van der Waals surface area contributed by atoms with E-state index in [4.69, 9.17) is 28.8 Å². The maximum absolute atomic E-state index is 14.0. The first-order valence-corrected chi connectivity index (χ1v) is 29.9. The van der Waals surface area contributed by atoms with Crippen LogP contribution >= 0.6 is 0 Å². The van der Waals surface area contributed by atoms with Gasteiger partial charge in [0.25, 0.3) is 11.4 Å². The lowest BCUT2D eigenvalue weighted by Crippen LogP contribution is -2.60. The van der Waals surface area contributed by atoms with E-state index in [1.165, 1.54) is 33.8 Å². The topological polar surface area (TPSA) is 207 Å². The second-order valence-corrected chi connectivity index (χ2v) is 23.3. The largest absolute Gasteiger partial charge is 0.490 e. The molecule has 2 aromatic carbocycles. The van der Waals surface area contributed by atoms with Crippen molar-refractivity contribution in [2.75, 3.05) is 26.4 Å². The van der Waals surface area contributed by atoms with E-state index in [1.807, 2.05) is 0 Å². The highest BCUT2D eigenvalue weighted by molar-refractivity contribution is 5.70.